The van der Waals surface area contributed by atoms with Crippen molar-refractivity contribution in [2.45, 2.75) is 50.6 Å². The number of benzene rings is 1. The van der Waals surface area contributed by atoms with E-state index in [2.05, 4.69) is 74.0 Å². The zero-order chi connectivity index (χ0) is 21.5. The third-order valence-electron chi connectivity index (χ3n) is 6.59. The van der Waals surface area contributed by atoms with Crippen LogP contribution in [0.15, 0.2) is 59.2 Å². The lowest BCUT2D eigenvalue weighted by atomic mass is 9.93. The number of rotatable bonds is 6. The van der Waals surface area contributed by atoms with E-state index >= 15 is 0 Å². The lowest BCUT2D eigenvalue weighted by Crippen LogP contribution is -2.28. The molecule has 0 spiro atoms. The first-order chi connectivity index (χ1) is 15.7. The normalized spacial score (nSPS) is 16.5. The standard InChI is InChI=1S/C25H25BrN6/c26-17-9-7-16(8-10-17)22-15-23-20(11-12-24(32(23)31-22)28-18-3-1-4-18)21-13-14-27-25(30-21)29-19-5-2-6-19/h7-15,18-19,28H,1-6H2,(H,27,29,30). The summed E-state index contributed by atoms with van der Waals surface area (Å²) >= 11 is 3.53. The number of aromatic nitrogens is 4. The minimum Gasteiger partial charge on any atom is -0.367 e. The van der Waals surface area contributed by atoms with E-state index in [1.165, 1.54) is 38.5 Å². The molecule has 7 heteroatoms. The molecule has 2 aliphatic rings. The van der Waals surface area contributed by atoms with Gasteiger partial charge < -0.3 is 10.6 Å². The number of hydrogen-bond donors (Lipinski definition) is 2. The zero-order valence-corrected chi connectivity index (χ0v) is 19.3. The van der Waals surface area contributed by atoms with Crippen LogP contribution >= 0.6 is 15.9 Å². The van der Waals surface area contributed by atoms with Gasteiger partial charge in [-0.3, -0.25) is 0 Å². The van der Waals surface area contributed by atoms with E-state index in [9.17, 15) is 0 Å². The summed E-state index contributed by atoms with van der Waals surface area (Å²) in [7, 11) is 0. The van der Waals surface area contributed by atoms with Crippen molar-refractivity contribution >= 4 is 33.2 Å². The number of hydrogen-bond acceptors (Lipinski definition) is 5. The number of nitrogens with zero attached hydrogens (tertiary/aromatic N) is 4. The van der Waals surface area contributed by atoms with Gasteiger partial charge in [0, 0.05) is 33.9 Å². The van der Waals surface area contributed by atoms with Crippen molar-refractivity contribution in [2.24, 2.45) is 0 Å². The third kappa shape index (κ3) is 3.75. The van der Waals surface area contributed by atoms with Crippen LogP contribution in [0.3, 0.4) is 0 Å². The molecule has 1 aromatic carbocycles. The van der Waals surface area contributed by atoms with Crippen LogP contribution in [0.5, 0.6) is 0 Å². The molecule has 162 valence electrons. The van der Waals surface area contributed by atoms with Crippen LogP contribution < -0.4 is 10.6 Å². The Labute approximate surface area is 195 Å². The smallest absolute Gasteiger partial charge is 0.223 e. The van der Waals surface area contributed by atoms with Crippen LogP contribution in [0.25, 0.3) is 28.0 Å². The first-order valence-electron chi connectivity index (χ1n) is 11.4. The van der Waals surface area contributed by atoms with Gasteiger partial charge in [0.15, 0.2) is 0 Å². The summed E-state index contributed by atoms with van der Waals surface area (Å²) in [6, 6.07) is 17.7. The van der Waals surface area contributed by atoms with Gasteiger partial charge in [0.1, 0.15) is 5.82 Å². The van der Waals surface area contributed by atoms with Crippen LogP contribution in [0, 0.1) is 0 Å². The molecule has 0 atom stereocenters. The van der Waals surface area contributed by atoms with Crippen molar-refractivity contribution < 1.29 is 0 Å². The van der Waals surface area contributed by atoms with Crippen molar-refractivity contribution in [3.63, 3.8) is 0 Å². The summed E-state index contributed by atoms with van der Waals surface area (Å²) < 4.78 is 3.09. The van der Waals surface area contributed by atoms with Crippen LogP contribution in [0.4, 0.5) is 11.8 Å². The Morgan fingerprint density at radius 3 is 2.31 bits per heavy atom. The summed E-state index contributed by atoms with van der Waals surface area (Å²) in [5, 5.41) is 12.1. The molecule has 2 saturated carbocycles. The number of nitrogens with one attached hydrogen (secondary N) is 2. The Hall–Kier alpha value is -2.93. The molecule has 0 unspecified atom stereocenters. The monoisotopic (exact) mass is 488 g/mol. The van der Waals surface area contributed by atoms with Gasteiger partial charge in [-0.25, -0.2) is 14.5 Å². The van der Waals surface area contributed by atoms with Crippen molar-refractivity contribution in [3.8, 4) is 22.5 Å². The Kier molecular flexibility index (Phi) is 5.06. The number of halogens is 1. The Morgan fingerprint density at radius 2 is 1.59 bits per heavy atom. The minimum atomic E-state index is 0.498. The molecule has 3 aromatic heterocycles. The highest BCUT2D eigenvalue weighted by atomic mass is 79.9. The Balaban J connectivity index is 1.44. The maximum Gasteiger partial charge on any atom is 0.223 e. The Bertz CT molecular complexity index is 1260. The van der Waals surface area contributed by atoms with Gasteiger partial charge >= 0.3 is 0 Å². The van der Waals surface area contributed by atoms with Gasteiger partial charge in [0.2, 0.25) is 5.95 Å². The second kappa shape index (κ2) is 8.20. The van der Waals surface area contributed by atoms with E-state index in [1.54, 1.807) is 0 Å². The predicted molar refractivity (Wildman–Crippen MR) is 132 cm³/mol. The average molecular weight is 489 g/mol. The summed E-state index contributed by atoms with van der Waals surface area (Å²) in [6.07, 6.45) is 9.23. The fraction of sp³-hybridized carbons (Fsp3) is 0.320. The quantitative estimate of drug-likeness (QED) is 0.340. The molecular weight excluding hydrogens is 464 g/mol. The van der Waals surface area contributed by atoms with E-state index < -0.39 is 0 Å². The average Bonchev–Trinajstić information content (AvgIpc) is 3.20. The highest BCUT2D eigenvalue weighted by Crippen LogP contribution is 2.32. The van der Waals surface area contributed by atoms with Gasteiger partial charge in [0.25, 0.3) is 0 Å². The van der Waals surface area contributed by atoms with Crippen LogP contribution in [-0.4, -0.2) is 31.7 Å². The van der Waals surface area contributed by atoms with Crippen molar-refractivity contribution in [1.82, 2.24) is 19.6 Å². The highest BCUT2D eigenvalue weighted by Gasteiger charge is 2.21. The van der Waals surface area contributed by atoms with Gasteiger partial charge in [-0.05, 0) is 74.9 Å². The van der Waals surface area contributed by atoms with Gasteiger partial charge in [-0.2, -0.15) is 5.10 Å². The first kappa shape index (κ1) is 19.7. The van der Waals surface area contributed by atoms with Crippen molar-refractivity contribution in [3.05, 3.63) is 59.2 Å². The number of pyridine rings is 1. The van der Waals surface area contributed by atoms with Gasteiger partial charge in [-0.15, -0.1) is 0 Å². The number of anilines is 2. The summed E-state index contributed by atoms with van der Waals surface area (Å²) in [4.78, 5) is 9.28. The molecule has 6 rings (SSSR count). The summed E-state index contributed by atoms with van der Waals surface area (Å²) in [5.74, 6) is 1.73. The van der Waals surface area contributed by atoms with Crippen molar-refractivity contribution in [1.29, 1.82) is 0 Å². The van der Waals surface area contributed by atoms with Crippen LogP contribution in [-0.2, 0) is 0 Å². The topological polar surface area (TPSA) is 67.1 Å². The molecule has 0 aliphatic heterocycles. The van der Waals surface area contributed by atoms with Gasteiger partial charge in [0.05, 0.1) is 16.9 Å². The van der Waals surface area contributed by atoms with Gasteiger partial charge in [-0.1, -0.05) is 28.1 Å². The zero-order valence-electron chi connectivity index (χ0n) is 17.8. The van der Waals surface area contributed by atoms with E-state index in [1.807, 2.05) is 16.8 Å². The predicted octanol–water partition coefficient (Wildman–Crippen LogP) is 6.15. The molecule has 2 fully saturated rings. The second-order valence-electron chi connectivity index (χ2n) is 8.78. The number of fused-ring (bicyclic) bond motifs is 1. The molecular formula is C25H25BrN6. The maximum absolute atomic E-state index is 4.98. The van der Waals surface area contributed by atoms with E-state index in [0.717, 1.165) is 38.3 Å². The first-order valence-corrected chi connectivity index (χ1v) is 12.2. The van der Waals surface area contributed by atoms with E-state index in [4.69, 9.17) is 10.1 Å². The molecule has 2 N–H and O–H groups in total. The SMILES string of the molecule is Brc1ccc(-c2cc3c(-c4ccnc(NC5CCC5)n4)ccc(NC4CCC4)n3n2)cc1. The summed E-state index contributed by atoms with van der Waals surface area (Å²) in [6.45, 7) is 0. The minimum absolute atomic E-state index is 0.498. The van der Waals surface area contributed by atoms with Crippen LogP contribution in [0.1, 0.15) is 38.5 Å². The molecule has 4 aromatic rings. The van der Waals surface area contributed by atoms with E-state index in [-0.39, 0.29) is 0 Å². The lowest BCUT2D eigenvalue weighted by Gasteiger charge is -2.27. The van der Waals surface area contributed by atoms with E-state index in [0.29, 0.717) is 18.0 Å². The summed E-state index contributed by atoms with van der Waals surface area (Å²) in [5.41, 5.74) is 5.04. The van der Waals surface area contributed by atoms with Crippen LogP contribution in [0.2, 0.25) is 0 Å². The molecule has 0 amide bonds. The fourth-order valence-corrected chi connectivity index (χ4v) is 4.50. The second-order valence-corrected chi connectivity index (χ2v) is 9.69. The Morgan fingerprint density at radius 1 is 0.844 bits per heavy atom. The molecule has 0 radical (unpaired) electrons. The molecule has 2 aliphatic carbocycles. The highest BCUT2D eigenvalue weighted by molar-refractivity contribution is 9.10. The molecule has 6 nitrogen and oxygen atoms in total. The fourth-order valence-electron chi connectivity index (χ4n) is 4.24. The molecule has 0 bridgehead atoms. The largest absolute Gasteiger partial charge is 0.367 e. The molecule has 3 heterocycles. The lowest BCUT2D eigenvalue weighted by molar-refractivity contribution is 0.443. The third-order valence-corrected chi connectivity index (χ3v) is 7.12. The molecule has 0 saturated heterocycles. The molecule has 32 heavy (non-hydrogen) atoms. The van der Waals surface area contributed by atoms with Crippen molar-refractivity contribution in [2.75, 3.05) is 10.6 Å². The maximum atomic E-state index is 4.98.